The molecule has 1 atom stereocenters. The van der Waals surface area contributed by atoms with E-state index in [1.165, 1.54) is 24.3 Å². The maximum absolute atomic E-state index is 13.7. The largest absolute Gasteiger partial charge is 0.354 e. The third kappa shape index (κ3) is 4.52. The molecule has 2 amide bonds. The van der Waals surface area contributed by atoms with E-state index >= 15 is 0 Å². The monoisotopic (exact) mass is 434 g/mol. The Morgan fingerprint density at radius 3 is 2.56 bits per heavy atom. The van der Waals surface area contributed by atoms with Gasteiger partial charge in [-0.25, -0.2) is 8.78 Å². The molecule has 0 aliphatic carbocycles. The number of aromatic nitrogens is 1. The molecule has 8 heteroatoms. The van der Waals surface area contributed by atoms with Crippen LogP contribution >= 0.6 is 0 Å². The van der Waals surface area contributed by atoms with Gasteiger partial charge in [0.25, 0.3) is 0 Å². The number of halogens is 2. The van der Waals surface area contributed by atoms with Gasteiger partial charge in [0.15, 0.2) is 0 Å². The van der Waals surface area contributed by atoms with Gasteiger partial charge in [-0.15, -0.1) is 0 Å². The van der Waals surface area contributed by atoms with E-state index in [9.17, 15) is 23.6 Å². The summed E-state index contributed by atoms with van der Waals surface area (Å²) in [4.78, 5) is 27.3. The van der Waals surface area contributed by atoms with Gasteiger partial charge < -0.3 is 15.6 Å². The number of nitrogens with one attached hydrogen (secondary N) is 3. The lowest BCUT2D eigenvalue weighted by Crippen LogP contribution is -2.40. The molecule has 1 fully saturated rings. The van der Waals surface area contributed by atoms with E-state index in [1.807, 2.05) is 12.1 Å². The van der Waals surface area contributed by atoms with E-state index in [0.717, 1.165) is 17.2 Å². The molecule has 1 saturated heterocycles. The highest BCUT2D eigenvalue weighted by Crippen LogP contribution is 2.32. The molecular formula is C24H20F2N4O2. The molecule has 6 nitrogen and oxygen atoms in total. The third-order valence-electron chi connectivity index (χ3n) is 5.43. The van der Waals surface area contributed by atoms with Crippen LogP contribution in [0.1, 0.15) is 24.0 Å². The Balaban J connectivity index is 1.64. The number of nitriles is 1. The summed E-state index contributed by atoms with van der Waals surface area (Å²) in [6.07, 6.45) is 1.01. The summed E-state index contributed by atoms with van der Waals surface area (Å²) in [5, 5.41) is 14.9. The number of aryl methyl sites for hydroxylation is 1. The second kappa shape index (κ2) is 9.02. The van der Waals surface area contributed by atoms with E-state index in [0.29, 0.717) is 36.3 Å². The third-order valence-corrected chi connectivity index (χ3v) is 5.43. The number of hydrogen-bond donors (Lipinski definition) is 3. The first-order valence-electron chi connectivity index (χ1n) is 10.2. The smallest absolute Gasteiger partial charge is 0.242 e. The number of hydrogen-bond acceptors (Lipinski definition) is 3. The molecule has 0 bridgehead atoms. The average Bonchev–Trinajstić information content (AvgIpc) is 3.39. The number of carbonyl (C=O) groups is 2. The standard InChI is InChI=1S/C24H20F2N4O2/c25-17-4-1-14(2-5-17)21-12-15(3-8-22(31)29-20-9-10-28-24(20)32)23(30-21)19-7-6-18(26)11-16(19)13-27/h1-2,4-7,11-12,20,30H,3,8-10H2,(H,28,32)(H,29,31). The van der Waals surface area contributed by atoms with Gasteiger partial charge in [-0.1, -0.05) is 0 Å². The molecule has 0 spiro atoms. The SMILES string of the molecule is N#Cc1cc(F)ccc1-c1[nH]c(-c2ccc(F)cc2)cc1CCC(=O)NC1CCNC1=O. The molecule has 162 valence electrons. The highest BCUT2D eigenvalue weighted by atomic mass is 19.1. The van der Waals surface area contributed by atoms with Crippen molar-refractivity contribution in [2.24, 2.45) is 0 Å². The fourth-order valence-electron chi connectivity index (χ4n) is 3.79. The van der Waals surface area contributed by atoms with Gasteiger partial charge in [-0.2, -0.15) is 5.26 Å². The summed E-state index contributed by atoms with van der Waals surface area (Å²) in [5.41, 5.74) is 3.41. The number of rotatable bonds is 6. The summed E-state index contributed by atoms with van der Waals surface area (Å²) < 4.78 is 27.0. The van der Waals surface area contributed by atoms with Crippen molar-refractivity contribution in [3.05, 3.63) is 71.3 Å². The van der Waals surface area contributed by atoms with Crippen LogP contribution < -0.4 is 10.6 Å². The number of benzene rings is 2. The molecule has 3 N–H and O–H groups in total. The molecule has 0 saturated carbocycles. The molecule has 3 aromatic rings. The van der Waals surface area contributed by atoms with Gasteiger partial charge in [-0.3, -0.25) is 9.59 Å². The zero-order valence-corrected chi connectivity index (χ0v) is 17.0. The van der Waals surface area contributed by atoms with Crippen LogP contribution in [0, 0.1) is 23.0 Å². The van der Waals surface area contributed by atoms with E-state index in [-0.39, 0.29) is 29.6 Å². The zero-order chi connectivity index (χ0) is 22.7. The topological polar surface area (TPSA) is 97.8 Å². The maximum Gasteiger partial charge on any atom is 0.242 e. The minimum absolute atomic E-state index is 0.126. The van der Waals surface area contributed by atoms with Crippen LogP contribution in [0.4, 0.5) is 8.78 Å². The highest BCUT2D eigenvalue weighted by molar-refractivity contribution is 5.89. The lowest BCUT2D eigenvalue weighted by Gasteiger charge is -2.10. The molecule has 4 rings (SSSR count). The van der Waals surface area contributed by atoms with Gasteiger partial charge in [0, 0.05) is 24.2 Å². The predicted octanol–water partition coefficient (Wildman–Crippen LogP) is 3.44. The van der Waals surface area contributed by atoms with Crippen LogP contribution in [0.5, 0.6) is 0 Å². The van der Waals surface area contributed by atoms with Gasteiger partial charge in [0.1, 0.15) is 17.7 Å². The van der Waals surface area contributed by atoms with Crippen molar-refractivity contribution in [2.75, 3.05) is 6.54 Å². The Hall–Kier alpha value is -3.99. The normalized spacial score (nSPS) is 15.3. The summed E-state index contributed by atoms with van der Waals surface area (Å²) >= 11 is 0. The van der Waals surface area contributed by atoms with E-state index < -0.39 is 11.9 Å². The van der Waals surface area contributed by atoms with Crippen molar-refractivity contribution < 1.29 is 18.4 Å². The number of amides is 2. The first kappa shape index (κ1) is 21.2. The van der Waals surface area contributed by atoms with Crippen LogP contribution in [-0.4, -0.2) is 29.4 Å². The van der Waals surface area contributed by atoms with Gasteiger partial charge in [0.2, 0.25) is 11.8 Å². The Labute approximate surface area is 183 Å². The van der Waals surface area contributed by atoms with Gasteiger partial charge >= 0.3 is 0 Å². The van der Waals surface area contributed by atoms with Crippen LogP contribution in [0.25, 0.3) is 22.5 Å². The summed E-state index contributed by atoms with van der Waals surface area (Å²) in [5.74, 6) is -1.34. The number of H-pyrrole nitrogens is 1. The van der Waals surface area contributed by atoms with E-state index in [4.69, 9.17) is 0 Å². The minimum Gasteiger partial charge on any atom is -0.354 e. The highest BCUT2D eigenvalue weighted by Gasteiger charge is 2.25. The van der Waals surface area contributed by atoms with Gasteiger partial charge in [0.05, 0.1) is 17.3 Å². The van der Waals surface area contributed by atoms with Crippen molar-refractivity contribution in [3.63, 3.8) is 0 Å². The van der Waals surface area contributed by atoms with Crippen LogP contribution in [0.15, 0.2) is 48.5 Å². The second-order valence-electron chi connectivity index (χ2n) is 7.59. The Morgan fingerprint density at radius 1 is 1.12 bits per heavy atom. The quantitative estimate of drug-likeness (QED) is 0.554. The van der Waals surface area contributed by atoms with E-state index in [2.05, 4.69) is 15.6 Å². The Kier molecular flexibility index (Phi) is 5.99. The first-order chi connectivity index (χ1) is 15.4. The summed E-state index contributed by atoms with van der Waals surface area (Å²) in [6, 6.07) is 13.2. The van der Waals surface area contributed by atoms with E-state index in [1.54, 1.807) is 12.1 Å². The molecule has 2 heterocycles. The first-order valence-corrected chi connectivity index (χ1v) is 10.2. The Bertz CT molecular complexity index is 1210. The Morgan fingerprint density at radius 2 is 1.88 bits per heavy atom. The number of nitrogens with zero attached hydrogens (tertiary/aromatic N) is 1. The molecule has 1 aliphatic rings. The molecule has 2 aromatic carbocycles. The molecule has 1 unspecified atom stereocenters. The predicted molar refractivity (Wildman–Crippen MR) is 114 cm³/mol. The molecule has 0 radical (unpaired) electrons. The summed E-state index contributed by atoms with van der Waals surface area (Å²) in [7, 11) is 0. The van der Waals surface area contributed by atoms with Crippen molar-refractivity contribution in [1.82, 2.24) is 15.6 Å². The maximum atomic E-state index is 13.7. The van der Waals surface area contributed by atoms with Crippen LogP contribution in [0.3, 0.4) is 0 Å². The van der Waals surface area contributed by atoms with Crippen molar-refractivity contribution >= 4 is 11.8 Å². The van der Waals surface area contributed by atoms with Crippen molar-refractivity contribution in [1.29, 1.82) is 5.26 Å². The number of aromatic amines is 1. The minimum atomic E-state index is -0.523. The molecule has 1 aliphatic heterocycles. The van der Waals surface area contributed by atoms with Crippen LogP contribution in [0.2, 0.25) is 0 Å². The van der Waals surface area contributed by atoms with Crippen LogP contribution in [-0.2, 0) is 16.0 Å². The summed E-state index contributed by atoms with van der Waals surface area (Å²) in [6.45, 7) is 0.536. The van der Waals surface area contributed by atoms with Crippen molar-refractivity contribution in [3.8, 4) is 28.6 Å². The molecule has 32 heavy (non-hydrogen) atoms. The number of carbonyl (C=O) groups excluding carboxylic acids is 2. The lowest BCUT2D eigenvalue weighted by atomic mass is 9.99. The van der Waals surface area contributed by atoms with Gasteiger partial charge in [-0.05, 0) is 72.5 Å². The average molecular weight is 434 g/mol. The zero-order valence-electron chi connectivity index (χ0n) is 17.0. The van der Waals surface area contributed by atoms with Crippen molar-refractivity contribution in [2.45, 2.75) is 25.3 Å². The lowest BCUT2D eigenvalue weighted by molar-refractivity contribution is -0.127. The second-order valence-corrected chi connectivity index (χ2v) is 7.59. The molecular weight excluding hydrogens is 414 g/mol. The molecule has 1 aromatic heterocycles. The fraction of sp³-hybridized carbons (Fsp3) is 0.208. The fourth-order valence-corrected chi connectivity index (χ4v) is 3.79.